The molecule has 40 heavy (non-hydrogen) atoms. The second-order valence-electron chi connectivity index (χ2n) is 9.31. The maximum absolute atomic E-state index is 13.8. The molecule has 2 fully saturated rings. The van der Waals surface area contributed by atoms with Crippen molar-refractivity contribution < 1.29 is 33.1 Å². The summed E-state index contributed by atoms with van der Waals surface area (Å²) in [5.74, 6) is -2.44. The van der Waals surface area contributed by atoms with Crippen LogP contribution >= 0.6 is 0 Å². The van der Waals surface area contributed by atoms with Crippen LogP contribution in [0.1, 0.15) is 22.0 Å². The molecular formula is C31H23FN2O6. The van der Waals surface area contributed by atoms with E-state index in [1.54, 1.807) is 47.5 Å². The lowest BCUT2D eigenvalue weighted by Crippen LogP contribution is -2.37. The van der Waals surface area contributed by atoms with Gasteiger partial charge in [-0.3, -0.25) is 14.4 Å². The normalized spacial score (nSPS) is 20.0. The van der Waals surface area contributed by atoms with Gasteiger partial charge >= 0.3 is 5.97 Å². The Hall–Kier alpha value is -5.02. The number of hydroxylamine groups is 1. The number of methoxy groups -OCH3 is 1. The largest absolute Gasteiger partial charge is 0.493 e. The van der Waals surface area contributed by atoms with E-state index in [1.165, 1.54) is 36.3 Å². The average molecular weight is 539 g/mol. The number of anilines is 2. The molecule has 4 aromatic carbocycles. The van der Waals surface area contributed by atoms with Crippen LogP contribution in [0.5, 0.6) is 11.5 Å². The second kappa shape index (κ2) is 10.3. The molecule has 9 heteroatoms. The van der Waals surface area contributed by atoms with Crippen molar-refractivity contribution in [2.24, 2.45) is 5.92 Å². The van der Waals surface area contributed by atoms with Gasteiger partial charge in [-0.2, -0.15) is 0 Å². The van der Waals surface area contributed by atoms with Crippen LogP contribution in [-0.2, 0) is 14.4 Å². The molecule has 8 nitrogen and oxygen atoms in total. The summed E-state index contributed by atoms with van der Waals surface area (Å²) in [4.78, 5) is 47.2. The van der Waals surface area contributed by atoms with Crippen molar-refractivity contribution in [3.05, 3.63) is 120 Å². The zero-order valence-corrected chi connectivity index (χ0v) is 21.3. The number of para-hydroxylation sites is 2. The summed E-state index contributed by atoms with van der Waals surface area (Å²) in [6.45, 7) is 0. The maximum Gasteiger partial charge on any atom is 0.343 e. The lowest BCUT2D eigenvalue weighted by molar-refractivity contribution is -0.126. The van der Waals surface area contributed by atoms with Gasteiger partial charge < -0.3 is 9.47 Å². The number of esters is 1. The predicted octanol–water partition coefficient (Wildman–Crippen LogP) is 5.10. The molecule has 0 aliphatic carbocycles. The zero-order chi connectivity index (χ0) is 27.8. The van der Waals surface area contributed by atoms with E-state index in [1.807, 2.05) is 36.4 Å². The van der Waals surface area contributed by atoms with E-state index in [4.69, 9.17) is 14.3 Å². The average Bonchev–Trinajstić information content (AvgIpc) is 3.50. The Labute approximate surface area is 229 Å². The van der Waals surface area contributed by atoms with Gasteiger partial charge in [-0.25, -0.2) is 19.1 Å². The number of benzene rings is 4. The molecule has 2 saturated heterocycles. The van der Waals surface area contributed by atoms with Crippen molar-refractivity contribution in [1.29, 1.82) is 0 Å². The molecule has 2 aliphatic rings. The lowest BCUT2D eigenvalue weighted by Gasteiger charge is -2.29. The topological polar surface area (TPSA) is 85.4 Å². The standard InChI is InChI=1S/C31H23FN2O6/c1-38-25-18-20(14-17-24(25)39-31(37)19-12-15-21(32)16-13-19)27-26-28(40-34(27)23-10-6-3-7-11-23)30(36)33(29(26)35)22-8-4-2-5-9-22/h2-18,26-28H,1H3/t26-,27+,28-/m1/s1. The minimum Gasteiger partial charge on any atom is -0.493 e. The first-order valence-corrected chi connectivity index (χ1v) is 12.6. The molecule has 6 rings (SSSR count). The summed E-state index contributed by atoms with van der Waals surface area (Å²) in [7, 11) is 1.43. The fraction of sp³-hybridized carbons (Fsp3) is 0.129. The van der Waals surface area contributed by atoms with Gasteiger partial charge in [-0.15, -0.1) is 0 Å². The summed E-state index contributed by atoms with van der Waals surface area (Å²) in [6, 6.07) is 27.1. The number of carbonyl (C=O) groups excluding carboxylic acids is 3. The van der Waals surface area contributed by atoms with Crippen molar-refractivity contribution >= 4 is 29.2 Å². The van der Waals surface area contributed by atoms with Gasteiger partial charge in [0.15, 0.2) is 17.6 Å². The van der Waals surface area contributed by atoms with Gasteiger partial charge in [0.25, 0.3) is 5.91 Å². The number of nitrogens with zero attached hydrogens (tertiary/aromatic N) is 2. The molecule has 3 atom stereocenters. The van der Waals surface area contributed by atoms with E-state index in [9.17, 15) is 18.8 Å². The highest BCUT2D eigenvalue weighted by Gasteiger charge is 2.60. The van der Waals surface area contributed by atoms with Crippen LogP contribution in [0.3, 0.4) is 0 Å². The van der Waals surface area contributed by atoms with Crippen molar-refractivity contribution in [3.8, 4) is 11.5 Å². The van der Waals surface area contributed by atoms with Crippen molar-refractivity contribution in [1.82, 2.24) is 0 Å². The predicted molar refractivity (Wildman–Crippen MR) is 143 cm³/mol. The quantitative estimate of drug-likeness (QED) is 0.192. The molecule has 0 N–H and O–H groups in total. The van der Waals surface area contributed by atoms with Gasteiger partial charge in [0.2, 0.25) is 5.91 Å². The van der Waals surface area contributed by atoms with Gasteiger partial charge in [-0.1, -0.05) is 42.5 Å². The number of halogens is 1. The molecule has 2 heterocycles. The number of amides is 2. The van der Waals surface area contributed by atoms with E-state index in [2.05, 4.69) is 0 Å². The molecular weight excluding hydrogens is 515 g/mol. The molecule has 0 radical (unpaired) electrons. The molecule has 0 unspecified atom stereocenters. The molecule has 0 saturated carbocycles. The van der Waals surface area contributed by atoms with E-state index in [-0.39, 0.29) is 23.0 Å². The number of rotatable bonds is 6. The Morgan fingerprint density at radius 1 is 0.800 bits per heavy atom. The molecule has 4 aromatic rings. The lowest BCUT2D eigenvalue weighted by atomic mass is 9.90. The number of ether oxygens (including phenoxy) is 2. The van der Waals surface area contributed by atoms with Crippen molar-refractivity contribution in [3.63, 3.8) is 0 Å². The third-order valence-electron chi connectivity index (χ3n) is 6.95. The Balaban J connectivity index is 1.37. The number of hydrogen-bond acceptors (Lipinski definition) is 7. The Bertz CT molecular complexity index is 1580. The summed E-state index contributed by atoms with van der Waals surface area (Å²) in [6.07, 6.45) is -1.03. The fourth-order valence-electron chi connectivity index (χ4n) is 5.08. The summed E-state index contributed by atoms with van der Waals surface area (Å²) in [5.41, 5.74) is 1.93. The molecule has 0 bridgehead atoms. The first-order valence-electron chi connectivity index (χ1n) is 12.6. The third kappa shape index (κ3) is 4.36. The van der Waals surface area contributed by atoms with Gasteiger partial charge in [0, 0.05) is 0 Å². The molecule has 2 aliphatic heterocycles. The van der Waals surface area contributed by atoms with Crippen LogP contribution in [-0.4, -0.2) is 31.0 Å². The first kappa shape index (κ1) is 25.3. The van der Waals surface area contributed by atoms with Crippen LogP contribution in [0.4, 0.5) is 15.8 Å². The van der Waals surface area contributed by atoms with Crippen LogP contribution < -0.4 is 19.4 Å². The molecule has 200 valence electrons. The van der Waals surface area contributed by atoms with Crippen LogP contribution in [0.2, 0.25) is 0 Å². The SMILES string of the molecule is COc1cc([C@H]2[C@H]3C(=O)N(c4ccccc4)C(=O)[C@@H]3ON2c2ccccc2)ccc1OC(=O)c1ccc(F)cc1. The zero-order valence-electron chi connectivity index (χ0n) is 21.3. The highest BCUT2D eigenvalue weighted by molar-refractivity contribution is 6.23. The van der Waals surface area contributed by atoms with Crippen LogP contribution in [0.25, 0.3) is 0 Å². The Kier molecular flexibility index (Phi) is 6.49. The minimum atomic E-state index is -1.03. The van der Waals surface area contributed by atoms with Crippen molar-refractivity contribution in [2.45, 2.75) is 12.1 Å². The van der Waals surface area contributed by atoms with Gasteiger partial charge in [0.05, 0.1) is 30.1 Å². The highest BCUT2D eigenvalue weighted by atomic mass is 19.1. The Morgan fingerprint density at radius 2 is 1.45 bits per heavy atom. The van der Waals surface area contributed by atoms with Gasteiger partial charge in [-0.05, 0) is 66.2 Å². The summed E-state index contributed by atoms with van der Waals surface area (Å²) < 4.78 is 24.3. The van der Waals surface area contributed by atoms with Crippen molar-refractivity contribution in [2.75, 3.05) is 17.1 Å². The Morgan fingerprint density at radius 3 is 2.10 bits per heavy atom. The van der Waals surface area contributed by atoms with Crippen LogP contribution in [0, 0.1) is 11.7 Å². The van der Waals surface area contributed by atoms with E-state index in [0.717, 1.165) is 0 Å². The van der Waals surface area contributed by atoms with E-state index >= 15 is 0 Å². The monoisotopic (exact) mass is 538 g/mol. The molecule has 0 spiro atoms. The smallest absolute Gasteiger partial charge is 0.343 e. The highest BCUT2D eigenvalue weighted by Crippen LogP contribution is 2.48. The number of imide groups is 1. The minimum absolute atomic E-state index is 0.141. The maximum atomic E-state index is 13.8. The molecule has 2 amide bonds. The number of fused-ring (bicyclic) bond motifs is 1. The van der Waals surface area contributed by atoms with Crippen LogP contribution in [0.15, 0.2) is 103 Å². The number of carbonyl (C=O) groups is 3. The fourth-order valence-corrected chi connectivity index (χ4v) is 5.08. The molecule has 0 aromatic heterocycles. The third-order valence-corrected chi connectivity index (χ3v) is 6.95. The van der Waals surface area contributed by atoms with E-state index in [0.29, 0.717) is 16.9 Å². The van der Waals surface area contributed by atoms with Gasteiger partial charge in [0.1, 0.15) is 11.7 Å². The van der Waals surface area contributed by atoms with E-state index < -0.39 is 35.8 Å². The summed E-state index contributed by atoms with van der Waals surface area (Å²) >= 11 is 0. The first-order chi connectivity index (χ1) is 19.5. The second-order valence-corrected chi connectivity index (χ2v) is 9.31. The number of hydrogen-bond donors (Lipinski definition) is 0. The summed E-state index contributed by atoms with van der Waals surface area (Å²) in [5, 5.41) is 1.58.